The maximum atomic E-state index is 9.29. The van der Waals surface area contributed by atoms with E-state index in [-0.39, 0.29) is 18.7 Å². The number of rotatable bonds is 5. The van der Waals surface area contributed by atoms with Crippen LogP contribution in [0.5, 0.6) is 0 Å². The zero-order valence-corrected chi connectivity index (χ0v) is 11.9. The van der Waals surface area contributed by atoms with Gasteiger partial charge in [-0.1, -0.05) is 37.0 Å². The Kier molecular flexibility index (Phi) is 5.74. The molecule has 2 N–H and O–H groups in total. The highest BCUT2D eigenvalue weighted by atomic mass is 35.5. The van der Waals surface area contributed by atoms with Gasteiger partial charge in [0.1, 0.15) is 0 Å². The van der Waals surface area contributed by atoms with Gasteiger partial charge in [0.05, 0.1) is 6.61 Å². The largest absolute Gasteiger partial charge is 0.395 e. The van der Waals surface area contributed by atoms with E-state index in [1.807, 2.05) is 13.0 Å². The zero-order chi connectivity index (χ0) is 13.0. The smallest absolute Gasteiger partial charge is 0.0587 e. The maximum absolute atomic E-state index is 9.29. The van der Waals surface area contributed by atoms with Crippen LogP contribution in [-0.4, -0.2) is 17.8 Å². The summed E-state index contributed by atoms with van der Waals surface area (Å²) in [7, 11) is 0. The van der Waals surface area contributed by atoms with Crippen molar-refractivity contribution in [2.75, 3.05) is 6.61 Å². The number of benzene rings is 1. The van der Waals surface area contributed by atoms with Gasteiger partial charge in [0.25, 0.3) is 0 Å². The highest BCUT2D eigenvalue weighted by Crippen LogP contribution is 2.26. The molecule has 0 saturated heterocycles. The minimum absolute atomic E-state index is 0.0556. The summed E-state index contributed by atoms with van der Waals surface area (Å²) >= 11 is 12.1. The molecule has 4 heteroatoms. The van der Waals surface area contributed by atoms with Crippen LogP contribution in [0.25, 0.3) is 0 Å². The van der Waals surface area contributed by atoms with Crippen LogP contribution in [0.15, 0.2) is 18.2 Å². The molecule has 0 aromatic heterocycles. The van der Waals surface area contributed by atoms with Gasteiger partial charge in [0.2, 0.25) is 0 Å². The Morgan fingerprint density at radius 1 is 1.24 bits per heavy atom. The monoisotopic (exact) mass is 275 g/mol. The van der Waals surface area contributed by atoms with Gasteiger partial charge in [0.15, 0.2) is 0 Å². The van der Waals surface area contributed by atoms with Gasteiger partial charge in [0, 0.05) is 22.1 Å². The standard InChI is InChI=1S/C13H19Cl2NO/c1-8(2)13(7-17)16-9(3)11-6-10(14)4-5-12(11)15/h4-6,8-9,13,16-17H,7H2,1-3H3. The minimum atomic E-state index is 0.0556. The predicted octanol–water partition coefficient (Wildman–Crippen LogP) is 3.66. The summed E-state index contributed by atoms with van der Waals surface area (Å²) in [5.41, 5.74) is 0.957. The number of aliphatic hydroxyl groups is 1. The first-order valence-electron chi connectivity index (χ1n) is 5.77. The van der Waals surface area contributed by atoms with Gasteiger partial charge in [-0.25, -0.2) is 0 Å². The SMILES string of the molecule is CC(NC(CO)C(C)C)c1cc(Cl)ccc1Cl. The number of halogens is 2. The fourth-order valence-corrected chi connectivity index (χ4v) is 2.18. The van der Waals surface area contributed by atoms with E-state index in [9.17, 15) is 5.11 Å². The molecule has 0 saturated carbocycles. The molecule has 0 aliphatic rings. The van der Waals surface area contributed by atoms with Crippen LogP contribution in [0.1, 0.15) is 32.4 Å². The summed E-state index contributed by atoms with van der Waals surface area (Å²) in [5, 5.41) is 14.0. The minimum Gasteiger partial charge on any atom is -0.395 e. The van der Waals surface area contributed by atoms with Crippen molar-refractivity contribution in [1.82, 2.24) is 5.32 Å². The Balaban J connectivity index is 2.81. The van der Waals surface area contributed by atoms with Crippen molar-refractivity contribution in [3.8, 4) is 0 Å². The molecule has 0 amide bonds. The predicted molar refractivity (Wildman–Crippen MR) is 73.7 cm³/mol. The molecule has 0 bridgehead atoms. The first-order chi connectivity index (χ1) is 7.95. The van der Waals surface area contributed by atoms with E-state index in [1.165, 1.54) is 0 Å². The van der Waals surface area contributed by atoms with Crippen LogP contribution in [-0.2, 0) is 0 Å². The molecular weight excluding hydrogens is 257 g/mol. The highest BCUT2D eigenvalue weighted by molar-refractivity contribution is 6.33. The molecule has 0 heterocycles. The molecule has 0 aliphatic carbocycles. The summed E-state index contributed by atoms with van der Waals surface area (Å²) in [6.45, 7) is 6.27. The molecule has 0 aliphatic heterocycles. The Hall–Kier alpha value is -0.280. The average Bonchev–Trinajstić information content (AvgIpc) is 2.28. The normalized spacial score (nSPS) is 15.0. The Labute approximate surface area is 113 Å². The third kappa shape index (κ3) is 4.14. The van der Waals surface area contributed by atoms with Crippen molar-refractivity contribution < 1.29 is 5.11 Å². The van der Waals surface area contributed by atoms with E-state index in [1.54, 1.807) is 12.1 Å². The molecule has 0 spiro atoms. The molecule has 96 valence electrons. The van der Waals surface area contributed by atoms with Crippen molar-refractivity contribution >= 4 is 23.2 Å². The van der Waals surface area contributed by atoms with Gasteiger partial charge < -0.3 is 10.4 Å². The molecule has 1 aromatic rings. The van der Waals surface area contributed by atoms with Crippen LogP contribution in [0.4, 0.5) is 0 Å². The van der Waals surface area contributed by atoms with E-state index in [0.717, 1.165) is 5.56 Å². The van der Waals surface area contributed by atoms with Gasteiger partial charge >= 0.3 is 0 Å². The molecular formula is C13H19Cl2NO. The van der Waals surface area contributed by atoms with Gasteiger partial charge in [-0.15, -0.1) is 0 Å². The van der Waals surface area contributed by atoms with Crippen LogP contribution in [0.2, 0.25) is 10.0 Å². The van der Waals surface area contributed by atoms with Crippen LogP contribution in [0.3, 0.4) is 0 Å². The summed E-state index contributed by atoms with van der Waals surface area (Å²) in [5.74, 6) is 0.361. The summed E-state index contributed by atoms with van der Waals surface area (Å²) in [6, 6.07) is 5.53. The second-order valence-electron chi connectivity index (χ2n) is 4.59. The molecule has 17 heavy (non-hydrogen) atoms. The zero-order valence-electron chi connectivity index (χ0n) is 10.4. The molecule has 0 fully saturated rings. The fourth-order valence-electron chi connectivity index (χ4n) is 1.71. The van der Waals surface area contributed by atoms with E-state index < -0.39 is 0 Å². The molecule has 0 radical (unpaired) electrons. The maximum Gasteiger partial charge on any atom is 0.0587 e. The van der Waals surface area contributed by atoms with Crippen LogP contribution < -0.4 is 5.32 Å². The number of hydrogen-bond donors (Lipinski definition) is 2. The number of nitrogens with one attached hydrogen (secondary N) is 1. The third-order valence-electron chi connectivity index (χ3n) is 2.89. The lowest BCUT2D eigenvalue weighted by molar-refractivity contribution is 0.201. The molecule has 1 aromatic carbocycles. The van der Waals surface area contributed by atoms with E-state index in [0.29, 0.717) is 16.0 Å². The number of hydrogen-bond acceptors (Lipinski definition) is 2. The van der Waals surface area contributed by atoms with Crippen molar-refractivity contribution in [1.29, 1.82) is 0 Å². The van der Waals surface area contributed by atoms with Crippen molar-refractivity contribution in [2.45, 2.75) is 32.9 Å². The van der Waals surface area contributed by atoms with Crippen molar-refractivity contribution in [3.63, 3.8) is 0 Å². The van der Waals surface area contributed by atoms with Crippen molar-refractivity contribution in [2.24, 2.45) is 5.92 Å². The quantitative estimate of drug-likeness (QED) is 0.860. The third-order valence-corrected chi connectivity index (χ3v) is 3.47. The Morgan fingerprint density at radius 3 is 2.41 bits per heavy atom. The van der Waals surface area contributed by atoms with E-state index in [2.05, 4.69) is 19.2 Å². The second-order valence-corrected chi connectivity index (χ2v) is 5.43. The fraction of sp³-hybridized carbons (Fsp3) is 0.538. The molecule has 1 rings (SSSR count). The molecule has 2 nitrogen and oxygen atoms in total. The lowest BCUT2D eigenvalue weighted by Gasteiger charge is -2.25. The summed E-state index contributed by atoms with van der Waals surface area (Å²) in [6.07, 6.45) is 0. The van der Waals surface area contributed by atoms with Crippen LogP contribution >= 0.6 is 23.2 Å². The Morgan fingerprint density at radius 2 is 1.88 bits per heavy atom. The van der Waals surface area contributed by atoms with Gasteiger partial charge in [-0.3, -0.25) is 0 Å². The first-order valence-corrected chi connectivity index (χ1v) is 6.53. The van der Waals surface area contributed by atoms with Gasteiger partial charge in [-0.2, -0.15) is 0 Å². The number of aliphatic hydroxyl groups excluding tert-OH is 1. The van der Waals surface area contributed by atoms with Crippen LogP contribution in [0, 0.1) is 5.92 Å². The highest BCUT2D eigenvalue weighted by Gasteiger charge is 2.17. The average molecular weight is 276 g/mol. The second kappa shape index (κ2) is 6.60. The lowest BCUT2D eigenvalue weighted by Crippen LogP contribution is -2.38. The Bertz CT molecular complexity index is 368. The summed E-state index contributed by atoms with van der Waals surface area (Å²) < 4.78 is 0. The molecule has 2 atom stereocenters. The van der Waals surface area contributed by atoms with E-state index in [4.69, 9.17) is 23.2 Å². The first kappa shape index (κ1) is 14.8. The summed E-state index contributed by atoms with van der Waals surface area (Å²) in [4.78, 5) is 0. The lowest BCUT2D eigenvalue weighted by atomic mass is 10.0. The molecule has 2 unspecified atom stereocenters. The van der Waals surface area contributed by atoms with E-state index >= 15 is 0 Å². The topological polar surface area (TPSA) is 32.3 Å². The van der Waals surface area contributed by atoms with Crippen molar-refractivity contribution in [3.05, 3.63) is 33.8 Å². The van der Waals surface area contributed by atoms with Gasteiger partial charge in [-0.05, 0) is 36.6 Å².